The summed E-state index contributed by atoms with van der Waals surface area (Å²) in [6, 6.07) is 10.5. The smallest absolute Gasteiger partial charge is 0.167 e. The summed E-state index contributed by atoms with van der Waals surface area (Å²) in [5, 5.41) is 10.1. The third-order valence-corrected chi connectivity index (χ3v) is 8.33. The van der Waals surface area contributed by atoms with Gasteiger partial charge in [-0.05, 0) is 79.5 Å². The van der Waals surface area contributed by atoms with E-state index >= 15 is 0 Å². The lowest BCUT2D eigenvalue weighted by Gasteiger charge is -2.29. The van der Waals surface area contributed by atoms with Crippen LogP contribution in [0.5, 0.6) is 0 Å². The number of aliphatic hydroxyl groups is 1. The highest BCUT2D eigenvalue weighted by atomic mass is 19.2. The molecule has 2 nitrogen and oxygen atoms in total. The lowest BCUT2D eigenvalue weighted by Crippen LogP contribution is -2.16. The molecule has 0 bridgehead atoms. The van der Waals surface area contributed by atoms with E-state index in [0.717, 1.165) is 19.3 Å². The fraction of sp³-hybridized carbons (Fsp3) is 0.438. The van der Waals surface area contributed by atoms with Crippen molar-refractivity contribution in [3.8, 4) is 11.1 Å². The van der Waals surface area contributed by atoms with Gasteiger partial charge >= 0.3 is 0 Å². The first-order chi connectivity index (χ1) is 18.8. The number of aliphatic hydroxyl groups excluding tert-OH is 1. The number of ether oxygens (including phenoxy) is 1. The van der Waals surface area contributed by atoms with E-state index in [9.17, 15) is 27.1 Å². The molecule has 7 heteroatoms. The highest BCUT2D eigenvalue weighted by molar-refractivity contribution is 5.65. The van der Waals surface area contributed by atoms with Crippen molar-refractivity contribution in [3.05, 3.63) is 93.8 Å². The summed E-state index contributed by atoms with van der Waals surface area (Å²) >= 11 is 0. The third-order valence-electron chi connectivity index (χ3n) is 8.33. The van der Waals surface area contributed by atoms with E-state index in [1.165, 1.54) is 24.3 Å². The highest BCUT2D eigenvalue weighted by Crippen LogP contribution is 2.40. The van der Waals surface area contributed by atoms with Crippen LogP contribution < -0.4 is 0 Å². The van der Waals surface area contributed by atoms with Gasteiger partial charge in [0.15, 0.2) is 23.3 Å². The zero-order valence-electron chi connectivity index (χ0n) is 22.0. The predicted molar refractivity (Wildman–Crippen MR) is 140 cm³/mol. The summed E-state index contributed by atoms with van der Waals surface area (Å²) in [5.41, 5.74) is 1.35. The van der Waals surface area contributed by atoms with Crippen molar-refractivity contribution in [2.45, 2.75) is 76.4 Å². The van der Waals surface area contributed by atoms with E-state index in [2.05, 4.69) is 0 Å². The molecular weight excluding hydrogens is 511 g/mol. The largest absolute Gasteiger partial charge is 0.388 e. The second-order valence-electron chi connectivity index (χ2n) is 10.9. The van der Waals surface area contributed by atoms with E-state index in [4.69, 9.17) is 4.74 Å². The van der Waals surface area contributed by atoms with Gasteiger partial charge in [0.2, 0.25) is 0 Å². The average molecular weight is 545 g/mol. The molecule has 2 aliphatic rings. The van der Waals surface area contributed by atoms with E-state index in [1.54, 1.807) is 18.2 Å². The molecule has 0 aromatic heterocycles. The summed E-state index contributed by atoms with van der Waals surface area (Å²) in [5.74, 6) is -3.98. The van der Waals surface area contributed by atoms with Crippen LogP contribution >= 0.6 is 0 Å². The van der Waals surface area contributed by atoms with Gasteiger partial charge in [-0.15, -0.1) is 0 Å². The van der Waals surface area contributed by atoms with E-state index in [1.807, 2.05) is 6.92 Å². The van der Waals surface area contributed by atoms with Gasteiger partial charge in [0, 0.05) is 16.7 Å². The Morgan fingerprint density at radius 1 is 0.846 bits per heavy atom. The monoisotopic (exact) mass is 544 g/mol. The highest BCUT2D eigenvalue weighted by Gasteiger charge is 2.31. The van der Waals surface area contributed by atoms with Crippen molar-refractivity contribution in [2.75, 3.05) is 6.61 Å². The molecule has 0 spiro atoms. The lowest BCUT2D eigenvalue weighted by molar-refractivity contribution is 0.160. The van der Waals surface area contributed by atoms with Crippen LogP contribution in [0.4, 0.5) is 22.0 Å². The van der Waals surface area contributed by atoms with Gasteiger partial charge in [0.1, 0.15) is 11.9 Å². The van der Waals surface area contributed by atoms with Crippen molar-refractivity contribution >= 4 is 0 Å². The molecule has 0 amide bonds. The zero-order chi connectivity index (χ0) is 27.7. The van der Waals surface area contributed by atoms with Crippen LogP contribution in [0.2, 0.25) is 0 Å². The number of epoxide rings is 1. The Hall–Kier alpha value is -2.77. The molecule has 1 saturated heterocycles. The number of hydrogen-bond donors (Lipinski definition) is 1. The first-order valence-electron chi connectivity index (χ1n) is 13.8. The summed E-state index contributed by atoms with van der Waals surface area (Å²) in [6.07, 6.45) is 3.97. The number of benzene rings is 3. The molecule has 1 N–H and O–H groups in total. The van der Waals surface area contributed by atoms with Gasteiger partial charge in [-0.25, -0.2) is 22.0 Å². The van der Waals surface area contributed by atoms with Crippen LogP contribution in [0.15, 0.2) is 42.5 Å². The number of aryl methyl sites for hydroxylation is 1. The summed E-state index contributed by atoms with van der Waals surface area (Å²) in [4.78, 5) is 0. The molecule has 2 atom stereocenters. The molecule has 1 saturated carbocycles. The summed E-state index contributed by atoms with van der Waals surface area (Å²) < 4.78 is 78.5. The van der Waals surface area contributed by atoms with Crippen LogP contribution in [0.25, 0.3) is 11.1 Å². The Bertz CT molecular complexity index is 1330. The Morgan fingerprint density at radius 2 is 1.54 bits per heavy atom. The molecule has 1 aliphatic heterocycles. The van der Waals surface area contributed by atoms with E-state index in [0.29, 0.717) is 55.8 Å². The second kappa shape index (κ2) is 11.8. The van der Waals surface area contributed by atoms with Gasteiger partial charge in [-0.1, -0.05) is 49.7 Å². The Morgan fingerprint density at radius 3 is 2.21 bits per heavy atom. The summed E-state index contributed by atoms with van der Waals surface area (Å²) in [6.45, 7) is 2.25. The maximum Gasteiger partial charge on any atom is 0.167 e. The Labute approximate surface area is 225 Å². The maximum atomic E-state index is 14.9. The molecule has 1 heterocycles. The number of hydrogen-bond acceptors (Lipinski definition) is 2. The van der Waals surface area contributed by atoms with Crippen molar-refractivity contribution in [1.82, 2.24) is 0 Å². The summed E-state index contributed by atoms with van der Waals surface area (Å²) in [7, 11) is 0. The zero-order valence-corrected chi connectivity index (χ0v) is 22.0. The molecule has 0 radical (unpaired) electrons. The topological polar surface area (TPSA) is 32.8 Å². The quantitative estimate of drug-likeness (QED) is 0.216. The van der Waals surface area contributed by atoms with Gasteiger partial charge in [0.25, 0.3) is 0 Å². The fourth-order valence-electron chi connectivity index (χ4n) is 5.88. The van der Waals surface area contributed by atoms with Gasteiger partial charge in [0.05, 0.1) is 12.7 Å². The molecule has 2 fully saturated rings. The minimum absolute atomic E-state index is 0.0113. The molecular formula is C32H33F5O2. The van der Waals surface area contributed by atoms with Crippen LogP contribution in [-0.2, 0) is 11.2 Å². The predicted octanol–water partition coefficient (Wildman–Crippen LogP) is 8.86. The minimum atomic E-state index is -1.01. The Balaban J connectivity index is 1.18. The maximum absolute atomic E-state index is 14.9. The van der Waals surface area contributed by atoms with Crippen LogP contribution in [-0.4, -0.2) is 11.7 Å². The van der Waals surface area contributed by atoms with Crippen molar-refractivity contribution in [3.63, 3.8) is 0 Å². The molecule has 3 aromatic carbocycles. The van der Waals surface area contributed by atoms with Gasteiger partial charge in [-0.2, -0.15) is 0 Å². The number of rotatable bonds is 9. The molecule has 208 valence electrons. The molecule has 2 unspecified atom stereocenters. The molecule has 39 heavy (non-hydrogen) atoms. The second-order valence-corrected chi connectivity index (χ2v) is 10.9. The average Bonchev–Trinajstić information content (AvgIpc) is 3.77. The lowest BCUT2D eigenvalue weighted by atomic mass is 9.76. The van der Waals surface area contributed by atoms with Crippen molar-refractivity contribution in [2.24, 2.45) is 5.92 Å². The number of halogens is 5. The molecule has 5 rings (SSSR count). The Kier molecular flexibility index (Phi) is 8.38. The molecule has 1 aliphatic carbocycles. The van der Waals surface area contributed by atoms with E-state index in [-0.39, 0.29) is 28.2 Å². The van der Waals surface area contributed by atoms with Gasteiger partial charge < -0.3 is 9.84 Å². The van der Waals surface area contributed by atoms with Crippen LogP contribution in [0.1, 0.15) is 92.2 Å². The van der Waals surface area contributed by atoms with Gasteiger partial charge in [-0.3, -0.25) is 0 Å². The van der Waals surface area contributed by atoms with Crippen molar-refractivity contribution in [1.29, 1.82) is 0 Å². The fourth-order valence-corrected chi connectivity index (χ4v) is 5.88. The molecule has 3 aromatic rings. The standard InChI is InChI=1S/C32H33F5O2/c1-2-3-27(38)24-14-12-22(29(34)31(24)36)19-7-4-18(5-8-19)6-9-20-10-11-21(16-26(20)33)23-13-15-25(28-17-39-28)32(37)30(23)35/h10-16,18-19,27-28,38H,2-9,17H2,1H3. The SMILES string of the molecule is CCCC(O)c1ccc(C2CCC(CCc3ccc(-c4ccc(C5CO5)c(F)c4F)cc3F)CC2)c(F)c1F. The first-order valence-corrected chi connectivity index (χ1v) is 13.8. The minimum Gasteiger partial charge on any atom is -0.388 e. The van der Waals surface area contributed by atoms with Crippen molar-refractivity contribution < 1.29 is 31.8 Å². The van der Waals surface area contributed by atoms with E-state index < -0.39 is 41.3 Å². The van der Waals surface area contributed by atoms with Crippen LogP contribution in [0.3, 0.4) is 0 Å². The first kappa shape index (κ1) is 27.8. The third kappa shape index (κ3) is 5.90. The van der Waals surface area contributed by atoms with Crippen LogP contribution in [0, 0.1) is 35.0 Å². The normalized spacial score (nSPS) is 21.7.